The summed E-state index contributed by atoms with van der Waals surface area (Å²) in [6, 6.07) is 2.14. The Balaban J connectivity index is 2.21. The Morgan fingerprint density at radius 1 is 1.50 bits per heavy atom. The average molecular weight is 249 g/mol. The van der Waals surface area contributed by atoms with Gasteiger partial charge in [0.25, 0.3) is 0 Å². The van der Waals surface area contributed by atoms with E-state index in [2.05, 4.69) is 16.1 Å². The molecule has 0 radical (unpaired) electrons. The molecule has 0 bridgehead atoms. The molecule has 1 saturated heterocycles. The molecule has 0 aliphatic carbocycles. The van der Waals surface area contributed by atoms with E-state index in [1.165, 1.54) is 0 Å². The lowest BCUT2D eigenvalue weighted by Gasteiger charge is -2.31. The molecule has 2 rings (SSSR count). The molecule has 2 heterocycles. The Labute approximate surface area is 107 Å². The second-order valence-corrected chi connectivity index (χ2v) is 4.62. The SMILES string of the molecule is CCn1nc(N2CCC(CO)CC2)c(C#N)c1N. The van der Waals surface area contributed by atoms with Crippen LogP contribution in [0.25, 0.3) is 0 Å². The van der Waals surface area contributed by atoms with Crippen molar-refractivity contribution in [3.8, 4) is 6.07 Å². The summed E-state index contributed by atoms with van der Waals surface area (Å²) in [6.07, 6.45) is 1.86. The first kappa shape index (κ1) is 12.7. The number of hydrogen-bond acceptors (Lipinski definition) is 5. The van der Waals surface area contributed by atoms with Gasteiger partial charge in [0, 0.05) is 26.2 Å². The number of nitrogens with two attached hydrogens (primary N) is 1. The summed E-state index contributed by atoms with van der Waals surface area (Å²) in [7, 11) is 0. The van der Waals surface area contributed by atoms with Crippen LogP contribution in [0.2, 0.25) is 0 Å². The van der Waals surface area contributed by atoms with Gasteiger partial charge in [-0.05, 0) is 25.7 Å². The predicted octanol–water partition coefficient (Wildman–Crippen LogP) is 0.566. The minimum absolute atomic E-state index is 0.241. The van der Waals surface area contributed by atoms with Gasteiger partial charge in [0.05, 0.1) is 0 Å². The van der Waals surface area contributed by atoms with E-state index in [0.29, 0.717) is 29.7 Å². The third-order valence-corrected chi connectivity index (χ3v) is 3.56. The Kier molecular flexibility index (Phi) is 3.72. The molecule has 98 valence electrons. The molecule has 0 amide bonds. The summed E-state index contributed by atoms with van der Waals surface area (Å²) < 4.78 is 1.66. The van der Waals surface area contributed by atoms with Crippen LogP contribution < -0.4 is 10.6 Å². The smallest absolute Gasteiger partial charge is 0.170 e. The summed E-state index contributed by atoms with van der Waals surface area (Å²) in [5, 5.41) is 22.7. The number of aromatic nitrogens is 2. The maximum Gasteiger partial charge on any atom is 0.170 e. The first-order valence-electron chi connectivity index (χ1n) is 6.33. The Morgan fingerprint density at radius 3 is 2.67 bits per heavy atom. The van der Waals surface area contributed by atoms with Crippen molar-refractivity contribution in [3.05, 3.63) is 5.56 Å². The van der Waals surface area contributed by atoms with Gasteiger partial charge in [-0.15, -0.1) is 0 Å². The molecule has 1 aromatic heterocycles. The first-order chi connectivity index (χ1) is 8.71. The highest BCUT2D eigenvalue weighted by Gasteiger charge is 2.24. The molecule has 1 aliphatic heterocycles. The molecule has 0 atom stereocenters. The van der Waals surface area contributed by atoms with Crippen molar-refractivity contribution < 1.29 is 5.11 Å². The molecule has 0 unspecified atom stereocenters. The van der Waals surface area contributed by atoms with E-state index in [4.69, 9.17) is 10.8 Å². The van der Waals surface area contributed by atoms with E-state index in [1.54, 1.807) is 4.68 Å². The van der Waals surface area contributed by atoms with Crippen molar-refractivity contribution >= 4 is 11.6 Å². The second kappa shape index (κ2) is 5.27. The van der Waals surface area contributed by atoms with Crippen molar-refractivity contribution in [1.29, 1.82) is 5.26 Å². The second-order valence-electron chi connectivity index (χ2n) is 4.62. The third kappa shape index (κ3) is 2.14. The van der Waals surface area contributed by atoms with Crippen LogP contribution in [0.3, 0.4) is 0 Å². The predicted molar refractivity (Wildman–Crippen MR) is 69.1 cm³/mol. The molecule has 0 aromatic carbocycles. The zero-order chi connectivity index (χ0) is 13.1. The van der Waals surface area contributed by atoms with Gasteiger partial charge in [0.1, 0.15) is 17.5 Å². The van der Waals surface area contributed by atoms with E-state index < -0.39 is 0 Å². The number of hydrogen-bond donors (Lipinski definition) is 2. The molecule has 0 spiro atoms. The Hall–Kier alpha value is -1.74. The van der Waals surface area contributed by atoms with Crippen molar-refractivity contribution in [2.75, 3.05) is 30.3 Å². The topological polar surface area (TPSA) is 91.1 Å². The normalized spacial score (nSPS) is 16.8. The highest BCUT2D eigenvalue weighted by atomic mass is 16.3. The van der Waals surface area contributed by atoms with Gasteiger partial charge in [0.2, 0.25) is 0 Å². The minimum Gasteiger partial charge on any atom is -0.396 e. The molecule has 1 aliphatic rings. The van der Waals surface area contributed by atoms with Crippen LogP contribution in [0.4, 0.5) is 11.6 Å². The number of nitriles is 1. The number of aliphatic hydroxyl groups excluding tert-OH is 1. The third-order valence-electron chi connectivity index (χ3n) is 3.56. The number of rotatable bonds is 3. The average Bonchev–Trinajstić information content (AvgIpc) is 2.75. The van der Waals surface area contributed by atoms with Gasteiger partial charge < -0.3 is 15.7 Å². The van der Waals surface area contributed by atoms with Crippen molar-refractivity contribution in [1.82, 2.24) is 9.78 Å². The van der Waals surface area contributed by atoms with Gasteiger partial charge >= 0.3 is 0 Å². The van der Waals surface area contributed by atoms with E-state index in [1.807, 2.05) is 6.92 Å². The van der Waals surface area contributed by atoms with Crippen LogP contribution in [0.5, 0.6) is 0 Å². The monoisotopic (exact) mass is 249 g/mol. The molecular formula is C12H19N5O. The number of aliphatic hydroxyl groups is 1. The number of piperidine rings is 1. The van der Waals surface area contributed by atoms with Crippen molar-refractivity contribution in [3.63, 3.8) is 0 Å². The molecule has 3 N–H and O–H groups in total. The Morgan fingerprint density at radius 2 is 2.17 bits per heavy atom. The molecule has 1 fully saturated rings. The lowest BCUT2D eigenvalue weighted by molar-refractivity contribution is 0.202. The van der Waals surface area contributed by atoms with Gasteiger partial charge in [0.15, 0.2) is 5.82 Å². The summed E-state index contributed by atoms with van der Waals surface area (Å²) >= 11 is 0. The number of anilines is 2. The zero-order valence-electron chi connectivity index (χ0n) is 10.6. The highest BCUT2D eigenvalue weighted by molar-refractivity contribution is 5.65. The summed E-state index contributed by atoms with van der Waals surface area (Å²) in [5.41, 5.74) is 6.37. The van der Waals surface area contributed by atoms with Gasteiger partial charge in [-0.3, -0.25) is 0 Å². The fourth-order valence-electron chi connectivity index (χ4n) is 2.36. The maximum absolute atomic E-state index is 9.19. The molecule has 6 heteroatoms. The number of nitrogens with zero attached hydrogens (tertiary/aromatic N) is 4. The lowest BCUT2D eigenvalue weighted by Crippen LogP contribution is -2.35. The van der Waals surface area contributed by atoms with Gasteiger partial charge in [-0.2, -0.15) is 10.4 Å². The standard InChI is InChI=1S/C12H19N5O/c1-2-17-11(14)10(7-13)12(15-17)16-5-3-9(8-18)4-6-16/h9,18H,2-6,8,14H2,1H3. The quantitative estimate of drug-likeness (QED) is 0.817. The minimum atomic E-state index is 0.241. The van der Waals surface area contributed by atoms with Crippen LogP contribution >= 0.6 is 0 Å². The molecule has 0 saturated carbocycles. The van der Waals surface area contributed by atoms with Crippen molar-refractivity contribution in [2.24, 2.45) is 5.92 Å². The van der Waals surface area contributed by atoms with Crippen LogP contribution in [0.15, 0.2) is 0 Å². The van der Waals surface area contributed by atoms with E-state index in [-0.39, 0.29) is 6.61 Å². The molecule has 1 aromatic rings. The highest BCUT2D eigenvalue weighted by Crippen LogP contribution is 2.28. The fourth-order valence-corrected chi connectivity index (χ4v) is 2.36. The maximum atomic E-state index is 9.19. The molecular weight excluding hydrogens is 230 g/mol. The van der Waals surface area contributed by atoms with Gasteiger partial charge in [-0.25, -0.2) is 4.68 Å². The first-order valence-corrected chi connectivity index (χ1v) is 6.33. The van der Waals surface area contributed by atoms with Crippen LogP contribution in [0.1, 0.15) is 25.3 Å². The number of aryl methyl sites for hydroxylation is 1. The van der Waals surface area contributed by atoms with Crippen LogP contribution in [-0.4, -0.2) is 34.6 Å². The van der Waals surface area contributed by atoms with Crippen molar-refractivity contribution in [2.45, 2.75) is 26.3 Å². The van der Waals surface area contributed by atoms with Crippen LogP contribution in [-0.2, 0) is 6.54 Å². The Bertz CT molecular complexity index is 454. The molecule has 18 heavy (non-hydrogen) atoms. The zero-order valence-corrected chi connectivity index (χ0v) is 10.6. The summed E-state index contributed by atoms with van der Waals surface area (Å²) in [5.74, 6) is 1.50. The van der Waals surface area contributed by atoms with E-state index in [9.17, 15) is 5.26 Å². The van der Waals surface area contributed by atoms with E-state index >= 15 is 0 Å². The number of nitrogen functional groups attached to an aromatic ring is 1. The largest absolute Gasteiger partial charge is 0.396 e. The fraction of sp³-hybridized carbons (Fsp3) is 0.667. The molecule has 6 nitrogen and oxygen atoms in total. The van der Waals surface area contributed by atoms with E-state index in [0.717, 1.165) is 25.9 Å². The lowest BCUT2D eigenvalue weighted by atomic mass is 9.98. The summed E-state index contributed by atoms with van der Waals surface area (Å²) in [4.78, 5) is 2.09. The summed E-state index contributed by atoms with van der Waals surface area (Å²) in [6.45, 7) is 4.49. The van der Waals surface area contributed by atoms with Gasteiger partial charge in [-0.1, -0.05) is 0 Å². The van der Waals surface area contributed by atoms with Crippen LogP contribution in [0, 0.1) is 17.2 Å².